The Morgan fingerprint density at radius 3 is 2.12 bits per heavy atom. The Morgan fingerprint density at radius 1 is 0.920 bits per heavy atom. The van der Waals surface area contributed by atoms with Gasteiger partial charge in [-0.25, -0.2) is 13.2 Å². The van der Waals surface area contributed by atoms with E-state index in [1.54, 1.807) is 0 Å². The summed E-state index contributed by atoms with van der Waals surface area (Å²) in [5.74, 6) is -1.78. The molecule has 0 radical (unpaired) electrons. The van der Waals surface area contributed by atoms with Crippen molar-refractivity contribution >= 4 is 0 Å². The summed E-state index contributed by atoms with van der Waals surface area (Å²) in [6.07, 6.45) is 10.2. The minimum atomic E-state index is -1.48. The van der Waals surface area contributed by atoms with E-state index in [1.165, 1.54) is 44.6 Å². The second-order valence-electron chi connectivity index (χ2n) is 8.16. The summed E-state index contributed by atoms with van der Waals surface area (Å²) in [4.78, 5) is 0. The van der Waals surface area contributed by atoms with Crippen molar-refractivity contribution in [3.63, 3.8) is 0 Å². The van der Waals surface area contributed by atoms with Gasteiger partial charge in [0.25, 0.3) is 0 Å². The molecule has 2 aliphatic carbocycles. The molecule has 0 bridgehead atoms. The molecule has 2 fully saturated rings. The minimum absolute atomic E-state index is 0.0866. The fraction of sp³-hybridized carbons (Fsp3) is 0.714. The molecule has 2 aliphatic rings. The Hall–Kier alpha value is -1.03. The molecule has 3 rings (SSSR count). The van der Waals surface area contributed by atoms with Gasteiger partial charge in [-0.15, -0.1) is 0 Å². The zero-order valence-electron chi connectivity index (χ0n) is 15.0. The van der Waals surface area contributed by atoms with Gasteiger partial charge in [0.05, 0.1) is 5.60 Å². The van der Waals surface area contributed by atoms with Crippen LogP contribution in [0.1, 0.15) is 76.7 Å². The van der Waals surface area contributed by atoms with Gasteiger partial charge in [-0.05, 0) is 62.3 Å². The third-order valence-corrected chi connectivity index (χ3v) is 6.65. The quantitative estimate of drug-likeness (QED) is 0.649. The van der Waals surface area contributed by atoms with Crippen LogP contribution in [-0.2, 0) is 5.60 Å². The molecule has 0 aromatic heterocycles. The SMILES string of the molecule is CCCC1CCC([C@H]2CC[C@](O)(c3ccc(F)c(F)c3F)CC2)CC1. The van der Waals surface area contributed by atoms with Gasteiger partial charge < -0.3 is 5.11 Å². The van der Waals surface area contributed by atoms with E-state index in [1.807, 2.05) is 0 Å². The first kappa shape index (κ1) is 18.8. The van der Waals surface area contributed by atoms with Gasteiger partial charge in [0.2, 0.25) is 0 Å². The number of halogens is 3. The Kier molecular flexibility index (Phi) is 5.77. The molecule has 0 amide bonds. The number of rotatable bonds is 4. The van der Waals surface area contributed by atoms with E-state index < -0.39 is 23.1 Å². The first-order valence-electron chi connectivity index (χ1n) is 9.81. The summed E-state index contributed by atoms with van der Waals surface area (Å²) in [6, 6.07) is 2.11. The lowest BCUT2D eigenvalue weighted by Crippen LogP contribution is -2.35. The molecular weight excluding hydrogens is 325 g/mol. The van der Waals surface area contributed by atoms with E-state index in [9.17, 15) is 18.3 Å². The van der Waals surface area contributed by atoms with Crippen molar-refractivity contribution in [3.8, 4) is 0 Å². The summed E-state index contributed by atoms with van der Waals surface area (Å²) in [6.45, 7) is 2.24. The normalized spacial score (nSPS) is 33.4. The monoisotopic (exact) mass is 354 g/mol. The van der Waals surface area contributed by atoms with Crippen LogP contribution in [0.3, 0.4) is 0 Å². The first-order valence-corrected chi connectivity index (χ1v) is 9.81. The van der Waals surface area contributed by atoms with Crippen molar-refractivity contribution < 1.29 is 18.3 Å². The van der Waals surface area contributed by atoms with Gasteiger partial charge in [0.15, 0.2) is 17.5 Å². The van der Waals surface area contributed by atoms with Gasteiger partial charge in [-0.1, -0.05) is 38.7 Å². The van der Waals surface area contributed by atoms with Crippen LogP contribution in [0.15, 0.2) is 12.1 Å². The molecule has 140 valence electrons. The molecule has 1 aromatic carbocycles. The van der Waals surface area contributed by atoms with Gasteiger partial charge in [0, 0.05) is 5.56 Å². The van der Waals surface area contributed by atoms with Crippen LogP contribution < -0.4 is 0 Å². The van der Waals surface area contributed by atoms with Crippen molar-refractivity contribution in [2.45, 2.75) is 76.7 Å². The van der Waals surface area contributed by atoms with E-state index in [2.05, 4.69) is 6.92 Å². The molecular formula is C21H29F3O. The molecule has 1 nitrogen and oxygen atoms in total. The van der Waals surface area contributed by atoms with Crippen LogP contribution in [-0.4, -0.2) is 5.11 Å². The van der Waals surface area contributed by atoms with E-state index in [-0.39, 0.29) is 5.56 Å². The van der Waals surface area contributed by atoms with Crippen molar-refractivity contribution in [2.24, 2.45) is 17.8 Å². The highest BCUT2D eigenvalue weighted by Gasteiger charge is 2.40. The molecule has 0 unspecified atom stereocenters. The smallest absolute Gasteiger partial charge is 0.194 e. The standard InChI is InChI=1S/C21H29F3O/c1-2-3-14-4-6-15(7-5-14)16-10-12-21(25,13-11-16)17-8-9-18(22)20(24)19(17)23/h8-9,14-16,25H,2-7,10-13H2,1H3/t14?,15?,16-,21+. The summed E-state index contributed by atoms with van der Waals surface area (Å²) in [7, 11) is 0. The maximum Gasteiger partial charge on any atom is 0.194 e. The highest BCUT2D eigenvalue weighted by molar-refractivity contribution is 5.27. The van der Waals surface area contributed by atoms with Crippen LogP contribution >= 0.6 is 0 Å². The lowest BCUT2D eigenvalue weighted by molar-refractivity contribution is -0.0291. The van der Waals surface area contributed by atoms with Crippen LogP contribution in [0, 0.1) is 35.2 Å². The maximum absolute atomic E-state index is 14.1. The van der Waals surface area contributed by atoms with Crippen molar-refractivity contribution in [3.05, 3.63) is 35.1 Å². The Morgan fingerprint density at radius 2 is 1.52 bits per heavy atom. The Bertz CT molecular complexity index is 585. The zero-order chi connectivity index (χ0) is 18.0. The van der Waals surface area contributed by atoms with E-state index >= 15 is 0 Å². The minimum Gasteiger partial charge on any atom is -0.385 e. The van der Waals surface area contributed by atoms with Crippen molar-refractivity contribution in [1.82, 2.24) is 0 Å². The lowest BCUT2D eigenvalue weighted by atomic mass is 9.66. The fourth-order valence-electron chi connectivity index (χ4n) is 5.10. The zero-order valence-corrected chi connectivity index (χ0v) is 15.0. The third kappa shape index (κ3) is 3.89. The number of hydrogen-bond acceptors (Lipinski definition) is 1. The van der Waals surface area contributed by atoms with E-state index in [4.69, 9.17) is 0 Å². The van der Waals surface area contributed by atoms with Crippen LogP contribution in [0.5, 0.6) is 0 Å². The summed E-state index contributed by atoms with van der Waals surface area (Å²) in [5.41, 5.74) is -1.45. The molecule has 0 aliphatic heterocycles. The van der Waals surface area contributed by atoms with Gasteiger partial charge in [0.1, 0.15) is 0 Å². The molecule has 1 aromatic rings. The average molecular weight is 354 g/mol. The molecule has 25 heavy (non-hydrogen) atoms. The van der Waals surface area contributed by atoms with Crippen LogP contribution in [0.4, 0.5) is 13.2 Å². The molecule has 0 spiro atoms. The van der Waals surface area contributed by atoms with E-state index in [0.717, 1.165) is 24.8 Å². The van der Waals surface area contributed by atoms with Crippen molar-refractivity contribution in [2.75, 3.05) is 0 Å². The average Bonchev–Trinajstić information content (AvgIpc) is 2.61. The third-order valence-electron chi connectivity index (χ3n) is 6.65. The first-order chi connectivity index (χ1) is 11.9. The van der Waals surface area contributed by atoms with Crippen molar-refractivity contribution in [1.29, 1.82) is 0 Å². The lowest BCUT2D eigenvalue weighted by Gasteiger charge is -2.41. The number of aliphatic hydroxyl groups is 1. The molecule has 0 heterocycles. The Balaban J connectivity index is 1.61. The van der Waals surface area contributed by atoms with E-state index in [0.29, 0.717) is 24.7 Å². The molecule has 0 saturated heterocycles. The van der Waals surface area contributed by atoms with Crippen LogP contribution in [0.25, 0.3) is 0 Å². The van der Waals surface area contributed by atoms with Gasteiger partial charge >= 0.3 is 0 Å². The molecule has 4 heteroatoms. The van der Waals surface area contributed by atoms with Gasteiger partial charge in [-0.3, -0.25) is 0 Å². The molecule has 0 atom stereocenters. The second-order valence-corrected chi connectivity index (χ2v) is 8.16. The predicted molar refractivity (Wildman–Crippen MR) is 92.5 cm³/mol. The topological polar surface area (TPSA) is 20.2 Å². The highest BCUT2D eigenvalue weighted by atomic mass is 19.2. The summed E-state index contributed by atoms with van der Waals surface area (Å²) >= 11 is 0. The number of hydrogen-bond donors (Lipinski definition) is 1. The predicted octanol–water partition coefficient (Wildman–Crippen LogP) is 6.09. The maximum atomic E-state index is 14.1. The van der Waals surface area contributed by atoms with Crippen LogP contribution in [0.2, 0.25) is 0 Å². The summed E-state index contributed by atoms with van der Waals surface area (Å²) < 4.78 is 40.8. The van der Waals surface area contributed by atoms with Gasteiger partial charge in [-0.2, -0.15) is 0 Å². The molecule has 2 saturated carbocycles. The second kappa shape index (κ2) is 7.69. The number of benzene rings is 1. The molecule has 1 N–H and O–H groups in total. The summed E-state index contributed by atoms with van der Waals surface area (Å²) in [5, 5.41) is 10.8. The highest BCUT2D eigenvalue weighted by Crippen LogP contribution is 2.46. The fourth-order valence-corrected chi connectivity index (χ4v) is 5.10. The largest absolute Gasteiger partial charge is 0.385 e. The Labute approximate surface area is 148 Å².